The van der Waals surface area contributed by atoms with Gasteiger partial charge in [0.2, 0.25) is 0 Å². The van der Waals surface area contributed by atoms with Gasteiger partial charge >= 0.3 is 0 Å². The second-order valence-corrected chi connectivity index (χ2v) is 17.9. The van der Waals surface area contributed by atoms with Gasteiger partial charge in [-0.25, -0.2) is 0 Å². The Kier molecular flexibility index (Phi) is 7.38. The van der Waals surface area contributed by atoms with E-state index in [1.807, 2.05) is 6.08 Å². The van der Waals surface area contributed by atoms with Crippen LogP contribution in [0.5, 0.6) is 0 Å². The molecule has 136 valence electrons. The molecule has 0 aliphatic heterocycles. The molecule has 0 saturated carbocycles. The van der Waals surface area contributed by atoms with Crippen LogP contribution in [0.3, 0.4) is 0 Å². The number of hydrogen-bond acceptors (Lipinski definition) is 2. The highest BCUT2D eigenvalue weighted by Gasteiger charge is 2.21. The molecule has 0 saturated heterocycles. The highest BCUT2D eigenvalue weighted by atomic mass is 28.3. The minimum atomic E-state index is -1.70. The molecular formula is C21H27NO2Si2. The first-order valence-corrected chi connectivity index (χ1v) is 15.6. The summed E-state index contributed by atoms with van der Waals surface area (Å²) in [5.74, 6) is 9.89. The Morgan fingerprint density at radius 1 is 1.12 bits per heavy atom. The topological polar surface area (TPSA) is 43.1 Å². The van der Waals surface area contributed by atoms with Crippen molar-refractivity contribution in [2.24, 2.45) is 0 Å². The fourth-order valence-electron chi connectivity index (χ4n) is 2.14. The van der Waals surface area contributed by atoms with E-state index in [1.54, 1.807) is 12.1 Å². The molecule has 3 nitrogen and oxygen atoms in total. The number of benzene rings is 1. The number of non-ortho nitro benzene ring substituents is 1. The van der Waals surface area contributed by atoms with Crippen LogP contribution in [0.15, 0.2) is 47.7 Å². The predicted octanol–water partition coefficient (Wildman–Crippen LogP) is 5.58. The lowest BCUT2D eigenvalue weighted by Gasteiger charge is -2.18. The van der Waals surface area contributed by atoms with E-state index < -0.39 is 21.1 Å². The third kappa shape index (κ3) is 7.27. The van der Waals surface area contributed by atoms with Gasteiger partial charge in [-0.05, 0) is 23.7 Å². The Hall–Kier alpha value is -2.35. The summed E-state index contributed by atoms with van der Waals surface area (Å²) < 4.78 is 0. The zero-order valence-corrected chi connectivity index (χ0v) is 18.6. The monoisotopic (exact) mass is 381 g/mol. The van der Waals surface area contributed by atoms with Crippen LogP contribution in [-0.2, 0) is 0 Å². The summed E-state index contributed by atoms with van der Waals surface area (Å²) in [7, 11) is -3.19. The van der Waals surface area contributed by atoms with Crippen LogP contribution in [0.25, 0.3) is 0 Å². The van der Waals surface area contributed by atoms with Crippen molar-refractivity contribution >= 4 is 21.8 Å². The van der Waals surface area contributed by atoms with Crippen molar-refractivity contribution in [3.8, 4) is 23.3 Å². The fourth-order valence-corrected chi connectivity index (χ4v) is 4.17. The van der Waals surface area contributed by atoms with Crippen LogP contribution in [0.2, 0.25) is 39.3 Å². The summed E-state index contributed by atoms with van der Waals surface area (Å²) in [4.78, 5) is 10.4. The number of rotatable bonds is 4. The van der Waals surface area contributed by atoms with Gasteiger partial charge in [0, 0.05) is 23.3 Å². The molecule has 1 aromatic rings. The summed E-state index contributed by atoms with van der Waals surface area (Å²) in [5.41, 5.74) is 5.35. The third-order valence-corrected chi connectivity index (χ3v) is 6.20. The van der Waals surface area contributed by atoms with Gasteiger partial charge in [0.05, 0.1) is 13.0 Å². The van der Waals surface area contributed by atoms with Gasteiger partial charge in [0.15, 0.2) is 0 Å². The Morgan fingerprint density at radius 2 is 1.69 bits per heavy atom. The molecule has 0 aliphatic carbocycles. The van der Waals surface area contributed by atoms with Crippen molar-refractivity contribution in [2.45, 2.75) is 45.7 Å². The number of allylic oxidation sites excluding steroid dienone is 3. The Balaban J connectivity index is 3.43. The Bertz CT molecular complexity index is 831. The van der Waals surface area contributed by atoms with Gasteiger partial charge in [-0.1, -0.05) is 63.1 Å². The number of nitro groups is 1. The maximum atomic E-state index is 10.8. The van der Waals surface area contributed by atoms with Crippen LogP contribution in [0.1, 0.15) is 12.0 Å². The van der Waals surface area contributed by atoms with E-state index in [2.05, 4.69) is 69.2 Å². The van der Waals surface area contributed by atoms with Gasteiger partial charge in [-0.3, -0.25) is 10.1 Å². The normalized spacial score (nSPS) is 12.1. The number of hydrogen-bond donors (Lipinski definition) is 0. The van der Waals surface area contributed by atoms with Gasteiger partial charge < -0.3 is 0 Å². The summed E-state index contributed by atoms with van der Waals surface area (Å²) in [6.45, 7) is 17.3. The smallest absolute Gasteiger partial charge is 0.258 e. The van der Waals surface area contributed by atoms with E-state index in [9.17, 15) is 10.1 Å². The standard InChI is InChI=1S/C21H27NO2Si2/c1-8-9-19(16-17-25(2,3)4)21(26(5,6)7)15-12-18-10-13-20(14-11-18)22(23)24/h8,10-11,13-14H,1,9H2,2-7H3/b21-19-. The minimum Gasteiger partial charge on any atom is -0.258 e. The molecule has 1 rings (SSSR count). The van der Waals surface area contributed by atoms with Crippen molar-refractivity contribution in [1.29, 1.82) is 0 Å². The lowest BCUT2D eigenvalue weighted by molar-refractivity contribution is -0.384. The second kappa shape index (κ2) is 8.85. The molecule has 0 bridgehead atoms. The highest BCUT2D eigenvalue weighted by molar-refractivity contribution is 6.85. The summed E-state index contributed by atoms with van der Waals surface area (Å²) >= 11 is 0. The van der Waals surface area contributed by atoms with E-state index in [0.717, 1.165) is 16.3 Å². The van der Waals surface area contributed by atoms with Crippen molar-refractivity contribution in [3.63, 3.8) is 0 Å². The van der Waals surface area contributed by atoms with Crippen molar-refractivity contribution in [1.82, 2.24) is 0 Å². The van der Waals surface area contributed by atoms with Crippen LogP contribution in [-0.4, -0.2) is 21.1 Å². The molecule has 0 heterocycles. The number of nitro benzene ring substituents is 1. The Labute approximate surface area is 159 Å². The van der Waals surface area contributed by atoms with Gasteiger partial charge in [0.25, 0.3) is 5.69 Å². The third-order valence-electron chi connectivity index (χ3n) is 3.40. The molecule has 5 heteroatoms. The molecule has 0 amide bonds. The van der Waals surface area contributed by atoms with Crippen LogP contribution in [0, 0.1) is 33.4 Å². The fraction of sp³-hybridized carbons (Fsp3) is 0.333. The maximum Gasteiger partial charge on any atom is 0.269 e. The zero-order chi connectivity index (χ0) is 20.0. The molecule has 0 aromatic heterocycles. The first-order chi connectivity index (χ1) is 11.9. The highest BCUT2D eigenvalue weighted by Crippen LogP contribution is 2.21. The van der Waals surface area contributed by atoms with Crippen LogP contribution in [0.4, 0.5) is 5.69 Å². The molecule has 0 N–H and O–H groups in total. The molecule has 0 radical (unpaired) electrons. The zero-order valence-electron chi connectivity index (χ0n) is 16.6. The molecule has 0 atom stereocenters. The first-order valence-electron chi connectivity index (χ1n) is 8.58. The Morgan fingerprint density at radius 3 is 2.12 bits per heavy atom. The molecule has 1 aromatic carbocycles. The molecule has 26 heavy (non-hydrogen) atoms. The van der Waals surface area contributed by atoms with E-state index in [0.29, 0.717) is 6.42 Å². The molecule has 0 aliphatic rings. The van der Waals surface area contributed by atoms with Crippen molar-refractivity contribution in [2.75, 3.05) is 0 Å². The lowest BCUT2D eigenvalue weighted by Crippen LogP contribution is -2.25. The maximum absolute atomic E-state index is 10.8. The van der Waals surface area contributed by atoms with Crippen LogP contribution < -0.4 is 0 Å². The van der Waals surface area contributed by atoms with Gasteiger partial charge in [0.1, 0.15) is 8.07 Å². The minimum absolute atomic E-state index is 0.0739. The largest absolute Gasteiger partial charge is 0.269 e. The quantitative estimate of drug-likeness (QED) is 0.225. The van der Waals surface area contributed by atoms with Crippen molar-refractivity contribution in [3.05, 3.63) is 63.4 Å². The van der Waals surface area contributed by atoms with E-state index in [1.165, 1.54) is 12.1 Å². The first kappa shape index (κ1) is 21.7. The average Bonchev–Trinajstić information content (AvgIpc) is 2.51. The van der Waals surface area contributed by atoms with E-state index >= 15 is 0 Å². The van der Waals surface area contributed by atoms with Gasteiger partial charge in [-0.15, -0.1) is 12.1 Å². The van der Waals surface area contributed by atoms with Crippen molar-refractivity contribution < 1.29 is 4.92 Å². The summed E-state index contributed by atoms with van der Waals surface area (Å²) in [6.07, 6.45) is 2.59. The SMILES string of the molecule is C=CC/C(C#C[Si](C)(C)C)=C(\C#Cc1ccc([N+](=O)[O-])cc1)[Si](C)(C)C. The summed E-state index contributed by atoms with van der Waals surface area (Å²) in [5, 5.41) is 11.9. The molecular weight excluding hydrogens is 354 g/mol. The van der Waals surface area contributed by atoms with E-state index in [4.69, 9.17) is 0 Å². The van der Waals surface area contributed by atoms with Crippen LogP contribution >= 0.6 is 0 Å². The lowest BCUT2D eigenvalue weighted by atomic mass is 10.1. The number of nitrogens with zero attached hydrogens (tertiary/aromatic N) is 1. The molecule has 0 unspecified atom stereocenters. The summed E-state index contributed by atoms with van der Waals surface area (Å²) in [6, 6.07) is 6.34. The van der Waals surface area contributed by atoms with Gasteiger partial charge in [-0.2, -0.15) is 0 Å². The molecule has 0 spiro atoms. The predicted molar refractivity (Wildman–Crippen MR) is 116 cm³/mol. The molecule has 0 fully saturated rings. The van der Waals surface area contributed by atoms with E-state index in [-0.39, 0.29) is 5.69 Å². The second-order valence-electron chi connectivity index (χ2n) is 8.15. The average molecular weight is 382 g/mol.